The van der Waals surface area contributed by atoms with Gasteiger partial charge in [-0.1, -0.05) is 0 Å². The number of anilines is 1. The molecule has 3 rings (SSSR count). The van der Waals surface area contributed by atoms with Gasteiger partial charge in [-0.25, -0.2) is 4.98 Å². The second kappa shape index (κ2) is 6.16. The van der Waals surface area contributed by atoms with Gasteiger partial charge in [-0.05, 0) is 39.3 Å². The van der Waals surface area contributed by atoms with Crippen LogP contribution in [0.2, 0.25) is 0 Å². The Bertz CT molecular complexity index is 730. The molecule has 1 N–H and O–H groups in total. The van der Waals surface area contributed by atoms with Gasteiger partial charge in [0.05, 0.1) is 12.2 Å². The first-order valence-electron chi connectivity index (χ1n) is 7.53. The Hall–Kier alpha value is -2.15. The molecule has 0 spiro atoms. The number of hydrogen-bond donors (Lipinski definition) is 1. The number of aryl methyl sites for hydroxylation is 3. The van der Waals surface area contributed by atoms with Crippen molar-refractivity contribution in [2.24, 2.45) is 0 Å². The minimum absolute atomic E-state index is 0.0225. The van der Waals surface area contributed by atoms with Crippen molar-refractivity contribution < 1.29 is 14.0 Å². The topological polar surface area (TPSA) is 75.4 Å². The Morgan fingerprint density at radius 2 is 2.22 bits per heavy atom. The molecular weight excluding hydrogens is 314 g/mol. The Balaban J connectivity index is 1.71. The van der Waals surface area contributed by atoms with Crippen LogP contribution in [0.25, 0.3) is 0 Å². The molecular formula is C16H19N3O3S. The number of rotatable bonds is 4. The molecule has 7 heteroatoms. The van der Waals surface area contributed by atoms with E-state index in [1.807, 2.05) is 32.9 Å². The average Bonchev–Trinajstić information content (AvgIpc) is 3.14. The molecule has 2 aromatic rings. The molecule has 0 aromatic carbocycles. The van der Waals surface area contributed by atoms with Crippen LogP contribution in [-0.2, 0) is 16.1 Å². The molecule has 0 aliphatic carbocycles. The molecule has 0 radical (unpaired) electrons. The van der Waals surface area contributed by atoms with Crippen LogP contribution in [0.4, 0.5) is 5.13 Å². The molecule has 1 saturated heterocycles. The molecule has 0 unspecified atom stereocenters. The molecule has 1 atom stereocenters. The fourth-order valence-electron chi connectivity index (χ4n) is 2.66. The number of furan rings is 1. The van der Waals surface area contributed by atoms with E-state index in [9.17, 15) is 9.59 Å². The Labute approximate surface area is 138 Å². The number of carbonyl (C=O) groups excluding carboxylic acids is 2. The first-order valence-corrected chi connectivity index (χ1v) is 8.35. The maximum Gasteiger partial charge on any atom is 0.248 e. The van der Waals surface area contributed by atoms with Crippen molar-refractivity contribution >= 4 is 28.3 Å². The van der Waals surface area contributed by atoms with Crippen LogP contribution in [0.3, 0.4) is 0 Å². The lowest BCUT2D eigenvalue weighted by molar-refractivity contribution is -0.134. The van der Waals surface area contributed by atoms with E-state index in [-0.39, 0.29) is 11.8 Å². The third-order valence-electron chi connectivity index (χ3n) is 4.01. The lowest BCUT2D eigenvalue weighted by Gasteiger charge is -2.22. The molecule has 1 aliphatic heterocycles. The summed E-state index contributed by atoms with van der Waals surface area (Å²) in [6.07, 6.45) is 0.904. The van der Waals surface area contributed by atoms with E-state index in [2.05, 4.69) is 10.3 Å². The fraction of sp³-hybridized carbons (Fsp3) is 0.438. The van der Waals surface area contributed by atoms with Gasteiger partial charge in [0.1, 0.15) is 17.6 Å². The maximum atomic E-state index is 12.5. The highest BCUT2D eigenvalue weighted by atomic mass is 32.1. The lowest BCUT2D eigenvalue weighted by atomic mass is 10.2. The minimum Gasteiger partial charge on any atom is -0.464 e. The number of likely N-dealkylation sites (tertiary alicyclic amines) is 1. The molecule has 2 aromatic heterocycles. The van der Waals surface area contributed by atoms with Gasteiger partial charge in [-0.15, -0.1) is 11.3 Å². The summed E-state index contributed by atoms with van der Waals surface area (Å²) in [4.78, 5) is 31.6. The van der Waals surface area contributed by atoms with Gasteiger partial charge in [0, 0.05) is 11.3 Å². The number of carbonyl (C=O) groups is 2. The molecule has 0 bridgehead atoms. The molecule has 2 amide bonds. The van der Waals surface area contributed by atoms with Crippen LogP contribution >= 0.6 is 11.3 Å². The Morgan fingerprint density at radius 3 is 2.83 bits per heavy atom. The van der Waals surface area contributed by atoms with E-state index >= 15 is 0 Å². The normalized spacial score (nSPS) is 17.8. The highest BCUT2D eigenvalue weighted by Crippen LogP contribution is 2.26. The lowest BCUT2D eigenvalue weighted by Crippen LogP contribution is -2.41. The van der Waals surface area contributed by atoms with Gasteiger partial charge in [-0.3, -0.25) is 9.59 Å². The summed E-state index contributed by atoms with van der Waals surface area (Å²) in [5, 5.41) is 3.41. The largest absolute Gasteiger partial charge is 0.464 e. The van der Waals surface area contributed by atoms with Crippen molar-refractivity contribution in [1.82, 2.24) is 9.88 Å². The summed E-state index contributed by atoms with van der Waals surface area (Å²) in [7, 11) is 0. The fourth-order valence-corrected chi connectivity index (χ4v) is 3.47. The third kappa shape index (κ3) is 3.29. The van der Waals surface area contributed by atoms with Crippen LogP contribution in [0.5, 0.6) is 0 Å². The van der Waals surface area contributed by atoms with Crippen LogP contribution in [0, 0.1) is 20.8 Å². The predicted molar refractivity (Wildman–Crippen MR) is 87.2 cm³/mol. The number of amides is 2. The summed E-state index contributed by atoms with van der Waals surface area (Å²) in [5.74, 6) is 1.27. The van der Waals surface area contributed by atoms with Crippen LogP contribution in [0.1, 0.15) is 34.9 Å². The smallest absolute Gasteiger partial charge is 0.248 e. The number of hydrogen-bond acceptors (Lipinski definition) is 5. The number of thiazole rings is 1. The molecule has 122 valence electrons. The Kier molecular flexibility index (Phi) is 4.21. The number of nitrogens with zero attached hydrogens (tertiary/aromatic N) is 2. The average molecular weight is 333 g/mol. The van der Waals surface area contributed by atoms with Crippen LogP contribution in [-0.4, -0.2) is 27.7 Å². The van der Waals surface area contributed by atoms with Gasteiger partial charge in [-0.2, -0.15) is 0 Å². The summed E-state index contributed by atoms with van der Waals surface area (Å²) < 4.78 is 5.52. The number of aromatic nitrogens is 1. The first kappa shape index (κ1) is 15.7. The standard InChI is InChI=1S/C16H19N3O3S/c1-9-4-5-12(22-9)8-19-13(6-7-14(19)20)15(21)18-16-17-10(2)11(3)23-16/h4-5,13H,6-8H2,1-3H3,(H,17,18,21)/t13-/m1/s1. The quantitative estimate of drug-likeness (QED) is 0.933. The van der Waals surface area contributed by atoms with Gasteiger partial charge in [0.15, 0.2) is 5.13 Å². The molecule has 1 aliphatic rings. The zero-order valence-corrected chi connectivity index (χ0v) is 14.2. The second-order valence-corrected chi connectivity index (χ2v) is 6.94. The van der Waals surface area contributed by atoms with Crippen molar-refractivity contribution in [3.8, 4) is 0 Å². The van der Waals surface area contributed by atoms with Gasteiger partial charge in [0.2, 0.25) is 11.8 Å². The summed E-state index contributed by atoms with van der Waals surface area (Å²) in [6, 6.07) is 3.22. The predicted octanol–water partition coefficient (Wildman–Crippen LogP) is 2.79. The van der Waals surface area contributed by atoms with Crippen molar-refractivity contribution in [2.75, 3.05) is 5.32 Å². The van der Waals surface area contributed by atoms with E-state index in [1.54, 1.807) is 4.90 Å². The molecule has 6 nitrogen and oxygen atoms in total. The third-order valence-corrected chi connectivity index (χ3v) is 5.00. The summed E-state index contributed by atoms with van der Waals surface area (Å²) in [6.45, 7) is 6.05. The molecule has 1 fully saturated rings. The SMILES string of the molecule is Cc1ccc(CN2C(=O)CC[C@@H]2C(=O)Nc2nc(C)c(C)s2)o1. The van der Waals surface area contributed by atoms with Gasteiger partial charge in [0.25, 0.3) is 0 Å². The zero-order chi connectivity index (χ0) is 16.6. The zero-order valence-electron chi connectivity index (χ0n) is 13.4. The first-order chi connectivity index (χ1) is 10.9. The molecule has 3 heterocycles. The van der Waals surface area contributed by atoms with E-state index in [1.165, 1.54) is 11.3 Å². The van der Waals surface area contributed by atoms with Crippen molar-refractivity contribution in [3.63, 3.8) is 0 Å². The maximum absolute atomic E-state index is 12.5. The highest BCUT2D eigenvalue weighted by Gasteiger charge is 2.36. The molecule has 0 saturated carbocycles. The molecule has 23 heavy (non-hydrogen) atoms. The van der Waals surface area contributed by atoms with Gasteiger partial charge < -0.3 is 14.6 Å². The highest BCUT2D eigenvalue weighted by molar-refractivity contribution is 7.15. The summed E-state index contributed by atoms with van der Waals surface area (Å²) >= 11 is 1.45. The van der Waals surface area contributed by atoms with Crippen LogP contribution in [0.15, 0.2) is 16.5 Å². The minimum atomic E-state index is -0.475. The van der Waals surface area contributed by atoms with E-state index in [0.29, 0.717) is 30.3 Å². The van der Waals surface area contributed by atoms with E-state index in [4.69, 9.17) is 4.42 Å². The van der Waals surface area contributed by atoms with Crippen molar-refractivity contribution in [2.45, 2.75) is 46.2 Å². The van der Waals surface area contributed by atoms with Crippen molar-refractivity contribution in [1.29, 1.82) is 0 Å². The Morgan fingerprint density at radius 1 is 1.43 bits per heavy atom. The van der Waals surface area contributed by atoms with Gasteiger partial charge >= 0.3 is 0 Å². The number of nitrogens with one attached hydrogen (secondary N) is 1. The summed E-state index contributed by atoms with van der Waals surface area (Å²) in [5.41, 5.74) is 0.913. The second-order valence-electron chi connectivity index (χ2n) is 5.74. The van der Waals surface area contributed by atoms with Crippen LogP contribution < -0.4 is 5.32 Å². The van der Waals surface area contributed by atoms with E-state index < -0.39 is 6.04 Å². The van der Waals surface area contributed by atoms with E-state index in [0.717, 1.165) is 16.3 Å². The van der Waals surface area contributed by atoms with Crippen molar-refractivity contribution in [3.05, 3.63) is 34.2 Å². The monoisotopic (exact) mass is 333 g/mol.